The number of rotatable bonds is 1. The molecule has 1 aromatic heterocycles. The summed E-state index contributed by atoms with van der Waals surface area (Å²) in [5.74, 6) is 0. The average Bonchev–Trinajstić information content (AvgIpc) is 2.17. The van der Waals surface area contributed by atoms with Crippen molar-refractivity contribution in [3.63, 3.8) is 0 Å². The molecule has 0 fully saturated rings. The molecule has 0 unspecified atom stereocenters. The van der Waals surface area contributed by atoms with Crippen molar-refractivity contribution < 1.29 is 4.92 Å². The second-order valence-electron chi connectivity index (χ2n) is 2.85. The van der Waals surface area contributed by atoms with E-state index in [1.165, 1.54) is 6.20 Å². The maximum atomic E-state index is 10.9. The summed E-state index contributed by atoms with van der Waals surface area (Å²) in [5, 5.41) is 12.2. The lowest BCUT2D eigenvalue weighted by atomic mass is 10.1. The van der Waals surface area contributed by atoms with Gasteiger partial charge in [0.1, 0.15) is 5.15 Å². The zero-order valence-electron chi connectivity index (χ0n) is 7.28. The smallest absolute Gasteiger partial charge is 0.258 e. The maximum Gasteiger partial charge on any atom is 0.291 e. The predicted octanol–water partition coefficient (Wildman–Crippen LogP) is 3.56. The number of hydrogen-bond donors (Lipinski definition) is 0. The van der Waals surface area contributed by atoms with Gasteiger partial charge in [-0.2, -0.15) is 0 Å². The van der Waals surface area contributed by atoms with Crippen molar-refractivity contribution in [1.29, 1.82) is 0 Å². The molecule has 1 aromatic carbocycles. The highest BCUT2D eigenvalue weighted by atomic mass is 79.9. The molecular weight excluding hydrogens is 283 g/mol. The van der Waals surface area contributed by atoms with E-state index in [0.29, 0.717) is 15.2 Å². The van der Waals surface area contributed by atoms with Crippen molar-refractivity contribution >= 4 is 44.0 Å². The van der Waals surface area contributed by atoms with Crippen LogP contribution in [0.15, 0.2) is 28.9 Å². The molecule has 0 amide bonds. The molecule has 4 nitrogen and oxygen atoms in total. The van der Waals surface area contributed by atoms with E-state index in [-0.39, 0.29) is 10.8 Å². The van der Waals surface area contributed by atoms with Gasteiger partial charge in [-0.15, -0.1) is 0 Å². The molecule has 76 valence electrons. The molecule has 0 aliphatic heterocycles. The number of halogens is 2. The summed E-state index contributed by atoms with van der Waals surface area (Å²) < 4.78 is 0.433. The molecule has 0 radical (unpaired) electrons. The lowest BCUT2D eigenvalue weighted by Gasteiger charge is -2.02. The fourth-order valence-corrected chi connectivity index (χ4v) is 2.07. The van der Waals surface area contributed by atoms with Crippen LogP contribution in [0.1, 0.15) is 0 Å². The van der Waals surface area contributed by atoms with E-state index < -0.39 is 4.92 Å². The fourth-order valence-electron chi connectivity index (χ4n) is 1.36. The van der Waals surface area contributed by atoms with Gasteiger partial charge in [-0.25, -0.2) is 4.98 Å². The SMILES string of the molecule is O=[N+]([O-])c1c(Br)ccc2c(Cl)nccc12. The minimum atomic E-state index is -0.442. The van der Waals surface area contributed by atoms with Crippen LogP contribution in [0, 0.1) is 10.1 Å². The van der Waals surface area contributed by atoms with Crippen molar-refractivity contribution in [3.05, 3.63) is 44.1 Å². The molecule has 0 saturated carbocycles. The van der Waals surface area contributed by atoms with E-state index in [1.54, 1.807) is 18.2 Å². The normalized spacial score (nSPS) is 10.5. The molecule has 1 heterocycles. The van der Waals surface area contributed by atoms with Crippen LogP contribution in [0.3, 0.4) is 0 Å². The van der Waals surface area contributed by atoms with Crippen LogP contribution in [-0.4, -0.2) is 9.91 Å². The fraction of sp³-hybridized carbons (Fsp3) is 0. The molecule has 2 aromatic rings. The second-order valence-corrected chi connectivity index (χ2v) is 4.06. The summed E-state index contributed by atoms with van der Waals surface area (Å²) in [6, 6.07) is 4.86. The molecule has 0 bridgehead atoms. The van der Waals surface area contributed by atoms with Gasteiger partial charge in [-0.1, -0.05) is 11.6 Å². The number of fused-ring (bicyclic) bond motifs is 1. The van der Waals surface area contributed by atoms with Crippen LogP contribution in [0.25, 0.3) is 10.8 Å². The number of nitrogens with zero attached hydrogens (tertiary/aromatic N) is 2. The molecular formula is C9H4BrClN2O2. The standard InChI is InChI=1S/C9H4BrClN2O2/c10-7-2-1-6-5(8(7)13(14)15)3-4-12-9(6)11/h1-4H. The van der Waals surface area contributed by atoms with Gasteiger partial charge in [0.2, 0.25) is 0 Å². The monoisotopic (exact) mass is 286 g/mol. The van der Waals surface area contributed by atoms with Gasteiger partial charge < -0.3 is 0 Å². The highest BCUT2D eigenvalue weighted by Crippen LogP contribution is 2.35. The van der Waals surface area contributed by atoms with Crippen LogP contribution >= 0.6 is 27.5 Å². The Morgan fingerprint density at radius 1 is 1.33 bits per heavy atom. The third-order valence-electron chi connectivity index (χ3n) is 2.00. The first kappa shape index (κ1) is 10.3. The largest absolute Gasteiger partial charge is 0.291 e. The first-order valence-electron chi connectivity index (χ1n) is 3.98. The molecule has 0 aliphatic rings. The number of aromatic nitrogens is 1. The van der Waals surface area contributed by atoms with Gasteiger partial charge in [-0.3, -0.25) is 10.1 Å². The predicted molar refractivity (Wildman–Crippen MR) is 61.1 cm³/mol. The zero-order valence-corrected chi connectivity index (χ0v) is 9.62. The van der Waals surface area contributed by atoms with Gasteiger partial charge in [-0.05, 0) is 34.1 Å². The molecule has 0 saturated heterocycles. The number of nitro groups is 1. The van der Waals surface area contributed by atoms with Gasteiger partial charge in [0, 0.05) is 11.6 Å². The van der Waals surface area contributed by atoms with Crippen molar-refractivity contribution in [2.45, 2.75) is 0 Å². The van der Waals surface area contributed by atoms with E-state index >= 15 is 0 Å². The van der Waals surface area contributed by atoms with Crippen LogP contribution < -0.4 is 0 Å². The van der Waals surface area contributed by atoms with E-state index in [4.69, 9.17) is 11.6 Å². The molecule has 0 atom stereocenters. The topological polar surface area (TPSA) is 56.0 Å². The van der Waals surface area contributed by atoms with Gasteiger partial charge in [0.05, 0.1) is 14.8 Å². The minimum Gasteiger partial charge on any atom is -0.258 e. The number of hydrogen-bond acceptors (Lipinski definition) is 3. The van der Waals surface area contributed by atoms with Gasteiger partial charge in [0.15, 0.2) is 0 Å². The van der Waals surface area contributed by atoms with E-state index in [0.717, 1.165) is 0 Å². The van der Waals surface area contributed by atoms with Crippen molar-refractivity contribution in [3.8, 4) is 0 Å². The number of benzene rings is 1. The minimum absolute atomic E-state index is 0.0109. The molecule has 2 rings (SSSR count). The summed E-state index contributed by atoms with van der Waals surface area (Å²) in [6.07, 6.45) is 1.45. The highest BCUT2D eigenvalue weighted by Gasteiger charge is 2.17. The third-order valence-corrected chi connectivity index (χ3v) is 2.94. The summed E-state index contributed by atoms with van der Waals surface area (Å²) in [7, 11) is 0. The Hall–Kier alpha value is -1.20. The van der Waals surface area contributed by atoms with E-state index in [9.17, 15) is 10.1 Å². The lowest BCUT2D eigenvalue weighted by molar-refractivity contribution is -0.383. The molecule has 15 heavy (non-hydrogen) atoms. The van der Waals surface area contributed by atoms with Crippen LogP contribution in [0.5, 0.6) is 0 Å². The average molecular weight is 288 g/mol. The summed E-state index contributed by atoms with van der Waals surface area (Å²) in [5.41, 5.74) is 0.0109. The van der Waals surface area contributed by atoms with Crippen molar-refractivity contribution in [1.82, 2.24) is 4.98 Å². The first-order valence-corrected chi connectivity index (χ1v) is 5.15. The Morgan fingerprint density at radius 2 is 2.07 bits per heavy atom. The quantitative estimate of drug-likeness (QED) is 0.458. The highest BCUT2D eigenvalue weighted by molar-refractivity contribution is 9.10. The Kier molecular flexibility index (Phi) is 2.58. The van der Waals surface area contributed by atoms with Crippen molar-refractivity contribution in [2.75, 3.05) is 0 Å². The third kappa shape index (κ3) is 1.68. The summed E-state index contributed by atoms with van der Waals surface area (Å²) >= 11 is 8.97. The van der Waals surface area contributed by atoms with E-state index in [1.807, 2.05) is 0 Å². The van der Waals surface area contributed by atoms with Crippen LogP contribution in [-0.2, 0) is 0 Å². The zero-order chi connectivity index (χ0) is 11.0. The summed E-state index contributed by atoms with van der Waals surface area (Å²) in [4.78, 5) is 14.3. The Balaban J connectivity index is 2.94. The van der Waals surface area contributed by atoms with Gasteiger partial charge in [0.25, 0.3) is 5.69 Å². The Labute approximate surface area is 98.2 Å². The number of nitro benzene ring substituents is 1. The van der Waals surface area contributed by atoms with E-state index in [2.05, 4.69) is 20.9 Å². The van der Waals surface area contributed by atoms with Gasteiger partial charge >= 0.3 is 0 Å². The maximum absolute atomic E-state index is 10.9. The second kappa shape index (κ2) is 3.75. The molecule has 6 heteroatoms. The molecule has 0 N–H and O–H groups in total. The lowest BCUT2D eigenvalue weighted by Crippen LogP contribution is -1.92. The Bertz CT molecular complexity index is 559. The molecule has 0 aliphatic carbocycles. The number of pyridine rings is 1. The van der Waals surface area contributed by atoms with Crippen molar-refractivity contribution in [2.24, 2.45) is 0 Å². The van der Waals surface area contributed by atoms with Crippen LogP contribution in [0.2, 0.25) is 5.15 Å². The summed E-state index contributed by atoms with van der Waals surface area (Å²) in [6.45, 7) is 0. The molecule has 0 spiro atoms. The Morgan fingerprint density at radius 3 is 2.73 bits per heavy atom. The van der Waals surface area contributed by atoms with Crippen LogP contribution in [0.4, 0.5) is 5.69 Å². The first-order chi connectivity index (χ1) is 7.11.